The van der Waals surface area contributed by atoms with E-state index < -0.39 is 0 Å². The molecule has 0 radical (unpaired) electrons. The smallest absolute Gasteiger partial charge is 0.270 e. The SMILES string of the molecule is CCc1cccc(N2CCN(C(=O)c3cc4c(-c5ccccc5OC)cc(CC)c(F)c4[nH]3)CC2)n1. The fraction of sp³-hybridized carbons (Fsp3) is 0.310. The average molecular weight is 487 g/mol. The number of hydrogen-bond donors (Lipinski definition) is 1. The summed E-state index contributed by atoms with van der Waals surface area (Å²) in [6, 6.07) is 17.4. The van der Waals surface area contributed by atoms with Gasteiger partial charge in [-0.15, -0.1) is 0 Å². The number of para-hydroxylation sites is 1. The zero-order valence-electron chi connectivity index (χ0n) is 21.0. The minimum Gasteiger partial charge on any atom is -0.496 e. The summed E-state index contributed by atoms with van der Waals surface area (Å²) in [4.78, 5) is 25.3. The van der Waals surface area contributed by atoms with E-state index in [0.29, 0.717) is 60.5 Å². The average Bonchev–Trinajstić information content (AvgIpc) is 3.39. The third-order valence-corrected chi connectivity index (χ3v) is 6.98. The number of piperazine rings is 1. The molecule has 36 heavy (non-hydrogen) atoms. The largest absolute Gasteiger partial charge is 0.496 e. The lowest BCUT2D eigenvalue weighted by Crippen LogP contribution is -2.49. The van der Waals surface area contributed by atoms with Crippen LogP contribution in [0.4, 0.5) is 10.2 Å². The first-order valence-corrected chi connectivity index (χ1v) is 12.5. The lowest BCUT2D eigenvalue weighted by atomic mass is 9.96. The van der Waals surface area contributed by atoms with E-state index in [1.54, 1.807) is 13.2 Å². The maximum atomic E-state index is 15.4. The molecule has 2 aromatic heterocycles. The number of nitrogens with one attached hydrogen (secondary N) is 1. The van der Waals surface area contributed by atoms with Gasteiger partial charge in [0.25, 0.3) is 5.91 Å². The Morgan fingerprint density at radius 1 is 1.00 bits per heavy atom. The van der Waals surface area contributed by atoms with Crippen molar-refractivity contribution >= 4 is 22.6 Å². The molecule has 7 heteroatoms. The number of carbonyl (C=O) groups is 1. The molecule has 1 N–H and O–H groups in total. The molecule has 186 valence electrons. The Labute approximate surface area is 210 Å². The third kappa shape index (κ3) is 4.30. The maximum absolute atomic E-state index is 15.4. The van der Waals surface area contributed by atoms with Gasteiger partial charge < -0.3 is 19.5 Å². The van der Waals surface area contributed by atoms with Crippen molar-refractivity contribution in [2.45, 2.75) is 26.7 Å². The number of ether oxygens (including phenoxy) is 1. The van der Waals surface area contributed by atoms with Crippen molar-refractivity contribution < 1.29 is 13.9 Å². The van der Waals surface area contributed by atoms with Crippen molar-refractivity contribution in [3.05, 3.63) is 77.4 Å². The second-order valence-corrected chi connectivity index (χ2v) is 9.04. The minimum atomic E-state index is -0.308. The van der Waals surface area contributed by atoms with Crippen LogP contribution in [-0.2, 0) is 12.8 Å². The quantitative estimate of drug-likeness (QED) is 0.393. The summed E-state index contributed by atoms with van der Waals surface area (Å²) >= 11 is 0. The van der Waals surface area contributed by atoms with Gasteiger partial charge in [0.15, 0.2) is 0 Å². The van der Waals surface area contributed by atoms with Crippen LogP contribution in [0.2, 0.25) is 0 Å². The Bertz CT molecular complexity index is 1410. The number of aryl methyl sites for hydroxylation is 2. The van der Waals surface area contributed by atoms with Crippen LogP contribution in [-0.4, -0.2) is 54.1 Å². The predicted molar refractivity (Wildman–Crippen MR) is 141 cm³/mol. The number of methoxy groups -OCH3 is 1. The van der Waals surface area contributed by atoms with E-state index in [1.165, 1.54) is 0 Å². The maximum Gasteiger partial charge on any atom is 0.270 e. The van der Waals surface area contributed by atoms with E-state index in [1.807, 2.05) is 60.4 Å². The van der Waals surface area contributed by atoms with Crippen molar-refractivity contribution in [2.75, 3.05) is 38.2 Å². The molecular weight excluding hydrogens is 455 g/mol. The van der Waals surface area contributed by atoms with E-state index in [9.17, 15) is 4.79 Å². The van der Waals surface area contributed by atoms with E-state index >= 15 is 4.39 Å². The fourth-order valence-electron chi connectivity index (χ4n) is 4.93. The monoisotopic (exact) mass is 486 g/mol. The van der Waals surface area contributed by atoms with Gasteiger partial charge in [0.2, 0.25) is 0 Å². The van der Waals surface area contributed by atoms with E-state index in [2.05, 4.69) is 16.8 Å². The highest BCUT2D eigenvalue weighted by molar-refractivity contribution is 6.04. The minimum absolute atomic E-state index is 0.121. The molecule has 1 aliphatic rings. The Kier molecular flexibility index (Phi) is 6.63. The molecule has 0 bridgehead atoms. The normalized spacial score (nSPS) is 13.9. The number of fused-ring (bicyclic) bond motifs is 1. The predicted octanol–water partition coefficient (Wildman–Crippen LogP) is 5.46. The first-order chi connectivity index (χ1) is 17.5. The number of aromatic amines is 1. The number of aromatic nitrogens is 2. The molecule has 1 fully saturated rings. The van der Waals surface area contributed by atoms with Crippen molar-refractivity contribution in [1.82, 2.24) is 14.9 Å². The molecular formula is C29H31FN4O2. The molecule has 0 atom stereocenters. The van der Waals surface area contributed by atoms with Crippen molar-refractivity contribution in [2.24, 2.45) is 0 Å². The molecule has 4 aromatic rings. The second-order valence-electron chi connectivity index (χ2n) is 9.04. The summed E-state index contributed by atoms with van der Waals surface area (Å²) < 4.78 is 20.9. The summed E-state index contributed by atoms with van der Waals surface area (Å²) in [6.45, 7) is 6.58. The fourth-order valence-corrected chi connectivity index (χ4v) is 4.93. The van der Waals surface area contributed by atoms with Crippen LogP contribution < -0.4 is 9.64 Å². The molecule has 1 saturated heterocycles. The zero-order chi connectivity index (χ0) is 25.2. The van der Waals surface area contributed by atoms with Gasteiger partial charge in [0, 0.05) is 42.8 Å². The van der Waals surface area contributed by atoms with E-state index in [4.69, 9.17) is 9.72 Å². The number of nitrogens with zero attached hydrogens (tertiary/aromatic N) is 3. The number of hydrogen-bond acceptors (Lipinski definition) is 4. The van der Waals surface area contributed by atoms with Crippen molar-refractivity contribution in [1.29, 1.82) is 0 Å². The first-order valence-electron chi connectivity index (χ1n) is 12.5. The molecule has 0 aliphatic carbocycles. The highest BCUT2D eigenvalue weighted by Crippen LogP contribution is 2.38. The van der Waals surface area contributed by atoms with Gasteiger partial charge >= 0.3 is 0 Å². The van der Waals surface area contributed by atoms with E-state index in [-0.39, 0.29) is 11.7 Å². The first kappa shape index (κ1) is 23.9. The number of amides is 1. The number of anilines is 1. The molecule has 5 rings (SSSR count). The Balaban J connectivity index is 1.44. The summed E-state index contributed by atoms with van der Waals surface area (Å²) in [6.07, 6.45) is 1.43. The highest BCUT2D eigenvalue weighted by Gasteiger charge is 2.26. The van der Waals surface area contributed by atoms with Crippen LogP contribution in [0.1, 0.15) is 35.6 Å². The van der Waals surface area contributed by atoms with Gasteiger partial charge in [-0.1, -0.05) is 38.1 Å². The molecule has 1 amide bonds. The number of benzene rings is 2. The number of pyridine rings is 1. The van der Waals surface area contributed by atoms with Gasteiger partial charge in [0.1, 0.15) is 23.1 Å². The van der Waals surface area contributed by atoms with E-state index in [0.717, 1.165) is 29.1 Å². The molecule has 1 aliphatic heterocycles. The van der Waals surface area contributed by atoms with Crippen molar-refractivity contribution in [3.8, 4) is 16.9 Å². The lowest BCUT2D eigenvalue weighted by Gasteiger charge is -2.35. The number of H-pyrrole nitrogens is 1. The molecule has 0 spiro atoms. The molecule has 3 heterocycles. The van der Waals surface area contributed by atoms with Crippen LogP contribution in [0.15, 0.2) is 54.6 Å². The van der Waals surface area contributed by atoms with Crippen LogP contribution in [0, 0.1) is 5.82 Å². The third-order valence-electron chi connectivity index (χ3n) is 6.98. The van der Waals surface area contributed by atoms with Crippen LogP contribution >= 0.6 is 0 Å². The van der Waals surface area contributed by atoms with Gasteiger partial charge in [-0.05, 0) is 54.3 Å². The Morgan fingerprint density at radius 2 is 1.78 bits per heavy atom. The summed E-state index contributed by atoms with van der Waals surface area (Å²) in [5, 5.41) is 0.678. The van der Waals surface area contributed by atoms with Crippen LogP contribution in [0.5, 0.6) is 5.75 Å². The van der Waals surface area contributed by atoms with Crippen molar-refractivity contribution in [3.63, 3.8) is 0 Å². The highest BCUT2D eigenvalue weighted by atomic mass is 19.1. The Morgan fingerprint density at radius 3 is 2.50 bits per heavy atom. The number of halogens is 1. The molecule has 0 saturated carbocycles. The number of rotatable bonds is 6. The zero-order valence-corrected chi connectivity index (χ0v) is 21.0. The molecule has 0 unspecified atom stereocenters. The van der Waals surface area contributed by atoms with Gasteiger partial charge in [0.05, 0.1) is 12.6 Å². The molecule has 2 aromatic carbocycles. The second kappa shape index (κ2) is 10.0. The van der Waals surface area contributed by atoms with Gasteiger partial charge in [-0.25, -0.2) is 9.37 Å². The number of carbonyl (C=O) groups excluding carboxylic acids is 1. The lowest BCUT2D eigenvalue weighted by molar-refractivity contribution is 0.0741. The van der Waals surface area contributed by atoms with Gasteiger partial charge in [-0.3, -0.25) is 4.79 Å². The van der Waals surface area contributed by atoms with Crippen LogP contribution in [0.25, 0.3) is 22.0 Å². The summed E-state index contributed by atoms with van der Waals surface area (Å²) in [7, 11) is 1.63. The topological polar surface area (TPSA) is 61.5 Å². The Hall–Kier alpha value is -3.87. The molecule has 6 nitrogen and oxygen atoms in total. The van der Waals surface area contributed by atoms with Gasteiger partial charge in [-0.2, -0.15) is 0 Å². The standard InChI is InChI=1S/C29H31FN4O2/c1-4-19-17-22(21-10-6-7-11-25(21)36-3)23-18-24(32-28(23)27(19)30)29(35)34-15-13-33(14-16-34)26-12-8-9-20(5-2)31-26/h6-12,17-18,32H,4-5,13-16H2,1-3H3. The summed E-state index contributed by atoms with van der Waals surface area (Å²) in [5.74, 6) is 1.22. The van der Waals surface area contributed by atoms with Crippen LogP contribution in [0.3, 0.4) is 0 Å². The summed E-state index contributed by atoms with van der Waals surface area (Å²) in [5.41, 5.74) is 4.13.